The van der Waals surface area contributed by atoms with Crippen LogP contribution < -0.4 is 5.32 Å². The largest absolute Gasteiger partial charge is 0.444 e. The molecule has 0 aliphatic carbocycles. The molecule has 33 heavy (non-hydrogen) atoms. The lowest BCUT2D eigenvalue weighted by atomic mass is 9.94. The molecule has 0 aliphatic rings. The standard InChI is InChI=1S/C24H29ClF3NO3S/c1-22(2,3)32-21(31)29-23(4,15-30)12-6-7-16-10-11-19(14-20(16)25)33-18-9-5-8-17(13-18)24(26,27)28/h5,8-11,13-14,30H,6-7,12,15H2,1-4H3,(H,29,31)/t23-/m1/s1. The molecule has 2 rings (SSSR count). The van der Waals surface area contributed by atoms with E-state index in [1.165, 1.54) is 17.8 Å². The highest BCUT2D eigenvalue weighted by Crippen LogP contribution is 2.35. The van der Waals surface area contributed by atoms with E-state index in [0.29, 0.717) is 29.2 Å². The Morgan fingerprint density at radius 3 is 2.33 bits per heavy atom. The number of rotatable bonds is 8. The van der Waals surface area contributed by atoms with Crippen molar-refractivity contribution in [1.29, 1.82) is 0 Å². The van der Waals surface area contributed by atoms with Gasteiger partial charge in [0, 0.05) is 14.8 Å². The first-order valence-corrected chi connectivity index (χ1v) is 11.7. The van der Waals surface area contributed by atoms with Crippen molar-refractivity contribution >= 4 is 29.5 Å². The Morgan fingerprint density at radius 2 is 1.76 bits per heavy atom. The lowest BCUT2D eigenvalue weighted by molar-refractivity contribution is -0.137. The van der Waals surface area contributed by atoms with Crippen molar-refractivity contribution in [2.75, 3.05) is 6.61 Å². The molecule has 0 spiro atoms. The van der Waals surface area contributed by atoms with E-state index in [-0.39, 0.29) is 6.61 Å². The highest BCUT2D eigenvalue weighted by atomic mass is 35.5. The summed E-state index contributed by atoms with van der Waals surface area (Å²) >= 11 is 7.61. The second-order valence-electron chi connectivity index (χ2n) is 9.08. The van der Waals surface area contributed by atoms with Gasteiger partial charge >= 0.3 is 12.3 Å². The van der Waals surface area contributed by atoms with Gasteiger partial charge in [-0.3, -0.25) is 0 Å². The van der Waals surface area contributed by atoms with Crippen molar-refractivity contribution in [2.45, 2.75) is 74.1 Å². The molecule has 1 amide bonds. The number of carbonyl (C=O) groups excluding carboxylic acids is 1. The van der Waals surface area contributed by atoms with Crippen LogP contribution in [0.5, 0.6) is 0 Å². The summed E-state index contributed by atoms with van der Waals surface area (Å²) in [5.74, 6) is 0. The number of alkyl halides is 3. The van der Waals surface area contributed by atoms with Crippen LogP contribution in [0.25, 0.3) is 0 Å². The number of aliphatic hydroxyl groups is 1. The first-order chi connectivity index (χ1) is 15.2. The van der Waals surface area contributed by atoms with Crippen LogP contribution in [0, 0.1) is 0 Å². The SMILES string of the molecule is CC(C)(C)OC(=O)N[C@@](C)(CO)CCCc1ccc(Sc2cccc(C(F)(F)F)c2)cc1Cl. The van der Waals surface area contributed by atoms with Crippen molar-refractivity contribution in [2.24, 2.45) is 0 Å². The second-order valence-corrected chi connectivity index (χ2v) is 10.6. The number of hydrogen-bond donors (Lipinski definition) is 2. The Bertz CT molecular complexity index is 963. The summed E-state index contributed by atoms with van der Waals surface area (Å²) in [5, 5.41) is 13.0. The maximum absolute atomic E-state index is 12.9. The number of carbonyl (C=O) groups is 1. The Balaban J connectivity index is 1.97. The first kappa shape index (κ1) is 27.3. The minimum atomic E-state index is -4.39. The summed E-state index contributed by atoms with van der Waals surface area (Å²) in [7, 11) is 0. The summed E-state index contributed by atoms with van der Waals surface area (Å²) in [4.78, 5) is 13.3. The maximum atomic E-state index is 12.9. The molecule has 1 atom stereocenters. The number of ether oxygens (including phenoxy) is 1. The van der Waals surface area contributed by atoms with Gasteiger partial charge in [-0.25, -0.2) is 4.79 Å². The Kier molecular flexibility index (Phi) is 9.13. The molecule has 0 fully saturated rings. The van der Waals surface area contributed by atoms with Crippen LogP contribution in [0.4, 0.5) is 18.0 Å². The first-order valence-electron chi connectivity index (χ1n) is 10.5. The number of aliphatic hydroxyl groups excluding tert-OH is 1. The number of alkyl carbamates (subject to hydrolysis) is 1. The molecule has 2 aromatic rings. The summed E-state index contributed by atoms with van der Waals surface area (Å²) in [6, 6.07) is 10.5. The predicted octanol–water partition coefficient (Wildman–Crippen LogP) is 7.11. The molecule has 0 unspecified atom stereocenters. The fraction of sp³-hybridized carbons (Fsp3) is 0.458. The lowest BCUT2D eigenvalue weighted by Crippen LogP contribution is -2.50. The van der Waals surface area contributed by atoms with Gasteiger partial charge in [0.25, 0.3) is 0 Å². The Labute approximate surface area is 201 Å². The molecule has 182 valence electrons. The average Bonchev–Trinajstić information content (AvgIpc) is 2.67. The van der Waals surface area contributed by atoms with E-state index in [4.69, 9.17) is 16.3 Å². The van der Waals surface area contributed by atoms with Gasteiger partial charge in [0.1, 0.15) is 5.60 Å². The predicted molar refractivity (Wildman–Crippen MR) is 125 cm³/mol. The zero-order valence-electron chi connectivity index (χ0n) is 19.1. The average molecular weight is 504 g/mol. The number of amides is 1. The number of halogens is 4. The van der Waals surface area contributed by atoms with Crippen LogP contribution in [0.15, 0.2) is 52.3 Å². The zero-order chi connectivity index (χ0) is 24.9. The van der Waals surface area contributed by atoms with Gasteiger partial charge < -0.3 is 15.2 Å². The van der Waals surface area contributed by atoms with Crippen molar-refractivity contribution in [3.8, 4) is 0 Å². The van der Waals surface area contributed by atoms with Crippen molar-refractivity contribution in [1.82, 2.24) is 5.32 Å². The molecule has 9 heteroatoms. The van der Waals surface area contributed by atoms with Crippen LogP contribution in [0.2, 0.25) is 5.02 Å². The number of benzene rings is 2. The highest BCUT2D eigenvalue weighted by Gasteiger charge is 2.30. The monoisotopic (exact) mass is 503 g/mol. The third-order valence-electron chi connectivity index (χ3n) is 4.75. The number of hydrogen-bond acceptors (Lipinski definition) is 4. The third-order valence-corrected chi connectivity index (χ3v) is 6.08. The van der Waals surface area contributed by atoms with E-state index < -0.39 is 29.0 Å². The summed E-state index contributed by atoms with van der Waals surface area (Å²) in [6.45, 7) is 6.79. The molecule has 2 aromatic carbocycles. The molecule has 0 heterocycles. The third kappa shape index (κ3) is 9.10. The van der Waals surface area contributed by atoms with Crippen LogP contribution in [-0.2, 0) is 17.3 Å². The molecule has 0 saturated heterocycles. The van der Waals surface area contributed by atoms with Gasteiger partial charge in [-0.1, -0.05) is 35.5 Å². The minimum Gasteiger partial charge on any atom is -0.444 e. The number of nitrogens with one attached hydrogen (secondary N) is 1. The van der Waals surface area contributed by atoms with Crippen LogP contribution in [-0.4, -0.2) is 28.9 Å². The molecule has 0 aliphatic heterocycles. The van der Waals surface area contributed by atoms with Gasteiger partial charge in [-0.05, 0) is 82.9 Å². The maximum Gasteiger partial charge on any atom is 0.416 e. The highest BCUT2D eigenvalue weighted by molar-refractivity contribution is 7.99. The number of aryl methyl sites for hydroxylation is 1. The van der Waals surface area contributed by atoms with E-state index >= 15 is 0 Å². The normalized spacial score (nSPS) is 14.0. The fourth-order valence-electron chi connectivity index (χ4n) is 3.07. The summed E-state index contributed by atoms with van der Waals surface area (Å²) in [5.41, 5.74) is -1.29. The van der Waals surface area contributed by atoms with E-state index in [9.17, 15) is 23.1 Å². The van der Waals surface area contributed by atoms with Crippen molar-refractivity contribution < 1.29 is 27.8 Å². The molecule has 0 saturated carbocycles. The van der Waals surface area contributed by atoms with Crippen LogP contribution in [0.3, 0.4) is 0 Å². The van der Waals surface area contributed by atoms with Crippen molar-refractivity contribution in [3.63, 3.8) is 0 Å². The van der Waals surface area contributed by atoms with Gasteiger partial charge in [-0.2, -0.15) is 13.2 Å². The molecule has 0 radical (unpaired) electrons. The van der Waals surface area contributed by atoms with Gasteiger partial charge in [0.2, 0.25) is 0 Å². The topological polar surface area (TPSA) is 58.6 Å². The van der Waals surface area contributed by atoms with Crippen molar-refractivity contribution in [3.05, 3.63) is 58.6 Å². The van der Waals surface area contributed by atoms with E-state index in [0.717, 1.165) is 22.6 Å². The lowest BCUT2D eigenvalue weighted by Gasteiger charge is -2.30. The molecule has 2 N–H and O–H groups in total. The summed E-state index contributed by atoms with van der Waals surface area (Å²) in [6.07, 6.45) is -3.22. The minimum absolute atomic E-state index is 0.244. The molecular formula is C24H29ClF3NO3S. The smallest absolute Gasteiger partial charge is 0.416 e. The van der Waals surface area contributed by atoms with E-state index in [1.54, 1.807) is 39.8 Å². The van der Waals surface area contributed by atoms with Gasteiger partial charge in [0.15, 0.2) is 0 Å². The quantitative estimate of drug-likeness (QED) is 0.403. The summed E-state index contributed by atoms with van der Waals surface area (Å²) < 4.78 is 44.0. The van der Waals surface area contributed by atoms with E-state index in [1.807, 2.05) is 12.1 Å². The zero-order valence-corrected chi connectivity index (χ0v) is 20.6. The second kappa shape index (κ2) is 11.0. The molecule has 4 nitrogen and oxygen atoms in total. The molecular weight excluding hydrogens is 475 g/mol. The Hall–Kier alpha value is -1.90. The van der Waals surface area contributed by atoms with Crippen LogP contribution in [0.1, 0.15) is 51.7 Å². The molecule has 0 aromatic heterocycles. The Morgan fingerprint density at radius 1 is 1.09 bits per heavy atom. The van der Waals surface area contributed by atoms with Gasteiger partial charge in [0.05, 0.1) is 17.7 Å². The molecule has 0 bridgehead atoms. The van der Waals surface area contributed by atoms with Gasteiger partial charge in [-0.15, -0.1) is 0 Å². The fourth-order valence-corrected chi connectivity index (χ4v) is 4.32. The van der Waals surface area contributed by atoms with Crippen LogP contribution >= 0.6 is 23.4 Å². The van der Waals surface area contributed by atoms with E-state index in [2.05, 4.69) is 5.32 Å².